The molecule has 0 spiro atoms. The van der Waals surface area contributed by atoms with Crippen LogP contribution in [-0.2, 0) is 6.54 Å². The minimum Gasteiger partial charge on any atom is -0.493 e. The molecule has 2 N–H and O–H groups in total. The highest BCUT2D eigenvalue weighted by Gasteiger charge is 2.30. The van der Waals surface area contributed by atoms with Crippen LogP contribution in [0, 0.1) is 0 Å². The molecule has 2 aliphatic carbocycles. The molecule has 6 heteroatoms. The Labute approximate surface area is 181 Å². The molecule has 3 fully saturated rings. The Morgan fingerprint density at radius 1 is 1.07 bits per heavy atom. The number of benzene rings is 1. The lowest BCUT2D eigenvalue weighted by atomic mass is 10.2. The van der Waals surface area contributed by atoms with E-state index in [-0.39, 0.29) is 0 Å². The number of likely N-dealkylation sites (tertiary alicyclic amines) is 1. The second kappa shape index (κ2) is 10.4. The third-order valence-electron chi connectivity index (χ3n) is 6.91. The van der Waals surface area contributed by atoms with Crippen LogP contribution < -0.4 is 20.1 Å². The molecular formula is C24H38N4O2. The van der Waals surface area contributed by atoms with Crippen LogP contribution in [0.1, 0.15) is 63.4 Å². The van der Waals surface area contributed by atoms with Crippen molar-refractivity contribution in [1.29, 1.82) is 0 Å². The SMILES string of the molecule is CN=C(NCc1ccc(OC2CCCC2)c(OC)c1)NC1CCN(C2CCCC2)C1. The van der Waals surface area contributed by atoms with Crippen LogP contribution in [0.2, 0.25) is 0 Å². The van der Waals surface area contributed by atoms with Crippen molar-refractivity contribution in [2.45, 2.75) is 82.5 Å². The zero-order valence-electron chi connectivity index (χ0n) is 18.7. The molecular weight excluding hydrogens is 376 g/mol. The van der Waals surface area contributed by atoms with Crippen LogP contribution in [0.4, 0.5) is 0 Å². The zero-order chi connectivity index (χ0) is 20.8. The molecule has 0 aromatic heterocycles. The number of ether oxygens (including phenoxy) is 2. The maximum absolute atomic E-state index is 6.15. The first-order valence-corrected chi connectivity index (χ1v) is 11.8. The Kier molecular flexibility index (Phi) is 7.37. The fourth-order valence-corrected chi connectivity index (χ4v) is 5.19. The van der Waals surface area contributed by atoms with Crippen LogP contribution in [0.3, 0.4) is 0 Å². The predicted octanol–water partition coefficient (Wildman–Crippen LogP) is 3.70. The number of nitrogens with zero attached hydrogens (tertiary/aromatic N) is 2. The lowest BCUT2D eigenvalue weighted by Gasteiger charge is -2.24. The molecule has 166 valence electrons. The first kappa shape index (κ1) is 21.3. The summed E-state index contributed by atoms with van der Waals surface area (Å²) in [4.78, 5) is 7.11. The van der Waals surface area contributed by atoms with Gasteiger partial charge in [-0.05, 0) is 62.6 Å². The summed E-state index contributed by atoms with van der Waals surface area (Å²) in [5.41, 5.74) is 1.16. The summed E-state index contributed by atoms with van der Waals surface area (Å²) in [5.74, 6) is 2.54. The van der Waals surface area contributed by atoms with Crippen LogP contribution in [0.5, 0.6) is 11.5 Å². The Morgan fingerprint density at radius 2 is 1.83 bits per heavy atom. The molecule has 1 heterocycles. The summed E-state index contributed by atoms with van der Waals surface area (Å²) in [6.07, 6.45) is 11.9. The van der Waals surface area contributed by atoms with Gasteiger partial charge in [-0.25, -0.2) is 0 Å². The fourth-order valence-electron chi connectivity index (χ4n) is 5.19. The molecule has 0 radical (unpaired) electrons. The van der Waals surface area contributed by atoms with Crippen LogP contribution >= 0.6 is 0 Å². The molecule has 0 bridgehead atoms. The fraction of sp³-hybridized carbons (Fsp3) is 0.708. The van der Waals surface area contributed by atoms with E-state index in [1.807, 2.05) is 13.1 Å². The van der Waals surface area contributed by atoms with E-state index in [4.69, 9.17) is 9.47 Å². The van der Waals surface area contributed by atoms with Crippen molar-refractivity contribution in [3.63, 3.8) is 0 Å². The van der Waals surface area contributed by atoms with E-state index in [9.17, 15) is 0 Å². The predicted molar refractivity (Wildman–Crippen MR) is 121 cm³/mol. The van der Waals surface area contributed by atoms with Gasteiger partial charge in [0, 0.05) is 38.8 Å². The van der Waals surface area contributed by atoms with Gasteiger partial charge in [-0.2, -0.15) is 0 Å². The van der Waals surface area contributed by atoms with Crippen molar-refractivity contribution in [1.82, 2.24) is 15.5 Å². The molecule has 1 aromatic carbocycles. The van der Waals surface area contributed by atoms with Gasteiger partial charge >= 0.3 is 0 Å². The van der Waals surface area contributed by atoms with E-state index in [0.717, 1.165) is 48.5 Å². The second-order valence-corrected chi connectivity index (χ2v) is 9.00. The van der Waals surface area contributed by atoms with E-state index in [2.05, 4.69) is 32.7 Å². The number of nitrogens with one attached hydrogen (secondary N) is 2. The molecule has 3 aliphatic rings. The second-order valence-electron chi connectivity index (χ2n) is 9.00. The lowest BCUT2D eigenvalue weighted by molar-refractivity contribution is 0.200. The third kappa shape index (κ3) is 5.39. The smallest absolute Gasteiger partial charge is 0.191 e. The quantitative estimate of drug-likeness (QED) is 0.526. The monoisotopic (exact) mass is 414 g/mol. The average Bonchev–Trinajstić information content (AvgIpc) is 3.54. The van der Waals surface area contributed by atoms with Crippen LogP contribution in [0.25, 0.3) is 0 Å². The molecule has 0 amide bonds. The molecule has 4 rings (SSSR count). The summed E-state index contributed by atoms with van der Waals surface area (Å²) in [5, 5.41) is 7.08. The normalized spacial score (nSPS) is 23.8. The summed E-state index contributed by atoms with van der Waals surface area (Å²) in [7, 11) is 3.56. The maximum Gasteiger partial charge on any atom is 0.191 e. The minimum absolute atomic E-state index is 0.334. The van der Waals surface area contributed by atoms with Gasteiger partial charge < -0.3 is 20.1 Å². The van der Waals surface area contributed by atoms with Gasteiger partial charge in [0.1, 0.15) is 0 Å². The first-order valence-electron chi connectivity index (χ1n) is 11.8. The van der Waals surface area contributed by atoms with Gasteiger partial charge in [-0.3, -0.25) is 9.89 Å². The number of hydrogen-bond acceptors (Lipinski definition) is 4. The zero-order valence-corrected chi connectivity index (χ0v) is 18.7. The minimum atomic E-state index is 0.334. The Bertz CT molecular complexity index is 711. The van der Waals surface area contributed by atoms with Crippen LogP contribution in [-0.4, -0.2) is 56.3 Å². The highest BCUT2D eigenvalue weighted by molar-refractivity contribution is 5.80. The van der Waals surface area contributed by atoms with E-state index in [0.29, 0.717) is 18.7 Å². The summed E-state index contributed by atoms with van der Waals surface area (Å²) in [6, 6.07) is 7.52. The topological polar surface area (TPSA) is 58.1 Å². The van der Waals surface area contributed by atoms with Gasteiger partial charge in [0.25, 0.3) is 0 Å². The molecule has 1 aliphatic heterocycles. The number of guanidine groups is 1. The molecule has 1 aromatic rings. The highest BCUT2D eigenvalue weighted by atomic mass is 16.5. The van der Waals surface area contributed by atoms with Crippen molar-refractivity contribution >= 4 is 5.96 Å². The molecule has 6 nitrogen and oxygen atoms in total. The molecule has 2 saturated carbocycles. The van der Waals surface area contributed by atoms with Crippen LogP contribution in [0.15, 0.2) is 23.2 Å². The summed E-state index contributed by atoms with van der Waals surface area (Å²) < 4.78 is 11.7. The van der Waals surface area contributed by atoms with Crippen molar-refractivity contribution in [3.8, 4) is 11.5 Å². The van der Waals surface area contributed by atoms with E-state index in [1.54, 1.807) is 7.11 Å². The Hall–Kier alpha value is -1.95. The molecule has 1 saturated heterocycles. The summed E-state index contributed by atoms with van der Waals surface area (Å²) >= 11 is 0. The molecule has 30 heavy (non-hydrogen) atoms. The van der Waals surface area contributed by atoms with Gasteiger partial charge in [-0.15, -0.1) is 0 Å². The Morgan fingerprint density at radius 3 is 2.57 bits per heavy atom. The van der Waals surface area contributed by atoms with E-state index < -0.39 is 0 Å². The highest BCUT2D eigenvalue weighted by Crippen LogP contribution is 2.32. The van der Waals surface area contributed by atoms with Gasteiger partial charge in [0.15, 0.2) is 17.5 Å². The van der Waals surface area contributed by atoms with E-state index >= 15 is 0 Å². The maximum atomic E-state index is 6.15. The van der Waals surface area contributed by atoms with E-state index in [1.165, 1.54) is 51.5 Å². The third-order valence-corrected chi connectivity index (χ3v) is 6.91. The van der Waals surface area contributed by atoms with Gasteiger partial charge in [0.2, 0.25) is 0 Å². The van der Waals surface area contributed by atoms with Crippen molar-refractivity contribution in [2.24, 2.45) is 4.99 Å². The van der Waals surface area contributed by atoms with Crippen molar-refractivity contribution in [3.05, 3.63) is 23.8 Å². The van der Waals surface area contributed by atoms with Gasteiger partial charge in [0.05, 0.1) is 13.2 Å². The number of aliphatic imine (C=N–C) groups is 1. The standard InChI is InChI=1S/C24H38N4O2/c1-25-24(27-19-13-14-28(17-19)20-7-3-4-8-20)26-16-18-11-12-22(23(15-18)29-2)30-21-9-5-6-10-21/h11-12,15,19-21H,3-10,13-14,16-17H2,1-2H3,(H2,25,26,27). The largest absolute Gasteiger partial charge is 0.493 e. The number of methoxy groups -OCH3 is 1. The lowest BCUT2D eigenvalue weighted by Crippen LogP contribution is -2.45. The number of hydrogen-bond donors (Lipinski definition) is 2. The molecule has 1 atom stereocenters. The Balaban J connectivity index is 1.27. The molecule has 1 unspecified atom stereocenters. The number of rotatable bonds is 7. The average molecular weight is 415 g/mol. The summed E-state index contributed by atoms with van der Waals surface area (Å²) in [6.45, 7) is 3.05. The van der Waals surface area contributed by atoms with Crippen molar-refractivity contribution < 1.29 is 9.47 Å². The van der Waals surface area contributed by atoms with Gasteiger partial charge in [-0.1, -0.05) is 18.9 Å². The van der Waals surface area contributed by atoms with Crippen molar-refractivity contribution in [2.75, 3.05) is 27.2 Å². The first-order chi connectivity index (χ1) is 14.7.